The van der Waals surface area contributed by atoms with Gasteiger partial charge >= 0.3 is 0 Å². The molecule has 24 heavy (non-hydrogen) atoms. The van der Waals surface area contributed by atoms with Gasteiger partial charge in [0.25, 0.3) is 5.91 Å². The van der Waals surface area contributed by atoms with Crippen molar-refractivity contribution in [2.24, 2.45) is 0 Å². The molecule has 0 aromatic heterocycles. The highest BCUT2D eigenvalue weighted by atomic mass is 35.5. The Hall–Kier alpha value is -2.04. The van der Waals surface area contributed by atoms with Crippen LogP contribution in [-0.4, -0.2) is 38.1 Å². The maximum atomic E-state index is 12.0. The Labute approximate surface area is 148 Å². The number of hydrogen-bond donors (Lipinski definition) is 1. The molecule has 5 heteroatoms. The van der Waals surface area contributed by atoms with Crippen LogP contribution in [0.15, 0.2) is 48.5 Å². The van der Waals surface area contributed by atoms with Gasteiger partial charge in [-0.3, -0.25) is 4.79 Å². The van der Waals surface area contributed by atoms with Crippen LogP contribution >= 0.6 is 11.6 Å². The first kappa shape index (κ1) is 18.3. The maximum Gasteiger partial charge on any atom is 0.258 e. The molecule has 2 aromatic rings. The predicted octanol–water partition coefficient (Wildman–Crippen LogP) is 3.45. The average Bonchev–Trinajstić information content (AvgIpc) is 2.54. The summed E-state index contributed by atoms with van der Waals surface area (Å²) >= 11 is 6.06. The van der Waals surface area contributed by atoms with Crippen molar-refractivity contribution in [3.05, 3.63) is 64.7 Å². The molecule has 1 unspecified atom stereocenters. The Bertz CT molecular complexity index is 671. The van der Waals surface area contributed by atoms with Crippen molar-refractivity contribution in [3.8, 4) is 5.75 Å². The van der Waals surface area contributed by atoms with Gasteiger partial charge in [0, 0.05) is 11.6 Å². The minimum Gasteiger partial charge on any atom is -0.484 e. The van der Waals surface area contributed by atoms with E-state index >= 15 is 0 Å². The first-order valence-corrected chi connectivity index (χ1v) is 8.21. The van der Waals surface area contributed by atoms with E-state index in [2.05, 4.69) is 5.32 Å². The van der Waals surface area contributed by atoms with Gasteiger partial charge in [0.15, 0.2) is 6.61 Å². The molecule has 0 fully saturated rings. The summed E-state index contributed by atoms with van der Waals surface area (Å²) in [6.45, 7) is 2.50. The van der Waals surface area contributed by atoms with Crippen molar-refractivity contribution < 1.29 is 9.53 Å². The summed E-state index contributed by atoms with van der Waals surface area (Å²) in [4.78, 5) is 14.1. The number of hydrogen-bond acceptors (Lipinski definition) is 3. The predicted molar refractivity (Wildman–Crippen MR) is 97.6 cm³/mol. The lowest BCUT2D eigenvalue weighted by molar-refractivity contribution is -0.123. The number of ether oxygens (including phenoxy) is 1. The zero-order chi connectivity index (χ0) is 17.5. The van der Waals surface area contributed by atoms with E-state index in [-0.39, 0.29) is 18.6 Å². The van der Waals surface area contributed by atoms with E-state index in [4.69, 9.17) is 16.3 Å². The minimum atomic E-state index is -0.149. The largest absolute Gasteiger partial charge is 0.484 e. The lowest BCUT2D eigenvalue weighted by Gasteiger charge is -2.25. The molecule has 0 aliphatic rings. The van der Waals surface area contributed by atoms with Crippen LogP contribution in [0.3, 0.4) is 0 Å². The summed E-state index contributed by atoms with van der Waals surface area (Å²) in [7, 11) is 3.95. The number of aryl methyl sites for hydroxylation is 1. The molecular weight excluding hydrogens is 324 g/mol. The van der Waals surface area contributed by atoms with Crippen LogP contribution in [-0.2, 0) is 4.79 Å². The normalized spacial score (nSPS) is 12.0. The van der Waals surface area contributed by atoms with Crippen LogP contribution in [0.2, 0.25) is 5.02 Å². The molecule has 4 nitrogen and oxygen atoms in total. The van der Waals surface area contributed by atoms with Gasteiger partial charge in [-0.15, -0.1) is 0 Å². The van der Waals surface area contributed by atoms with E-state index in [0.717, 1.165) is 11.1 Å². The molecule has 0 saturated carbocycles. The quantitative estimate of drug-likeness (QED) is 0.835. The molecule has 0 aliphatic carbocycles. The highest BCUT2D eigenvalue weighted by Crippen LogP contribution is 2.21. The smallest absolute Gasteiger partial charge is 0.258 e. The van der Waals surface area contributed by atoms with Gasteiger partial charge in [-0.2, -0.15) is 0 Å². The zero-order valence-electron chi connectivity index (χ0n) is 14.3. The number of carbonyl (C=O) groups excluding carboxylic acids is 1. The van der Waals surface area contributed by atoms with Crippen LogP contribution < -0.4 is 10.1 Å². The number of nitrogens with zero attached hydrogens (tertiary/aromatic N) is 1. The molecular formula is C19H23ClN2O2. The fourth-order valence-electron chi connectivity index (χ4n) is 2.36. The third-order valence-electron chi connectivity index (χ3n) is 3.74. The molecule has 1 N–H and O–H groups in total. The molecule has 1 amide bonds. The summed E-state index contributed by atoms with van der Waals surface area (Å²) in [5.74, 6) is 0.541. The highest BCUT2D eigenvalue weighted by molar-refractivity contribution is 6.30. The van der Waals surface area contributed by atoms with Crippen molar-refractivity contribution >= 4 is 17.5 Å². The van der Waals surface area contributed by atoms with E-state index in [9.17, 15) is 4.79 Å². The van der Waals surface area contributed by atoms with E-state index in [1.54, 1.807) is 0 Å². The highest BCUT2D eigenvalue weighted by Gasteiger charge is 2.15. The molecule has 0 saturated heterocycles. The SMILES string of the molecule is Cc1ccc(OCC(=O)NCC(c2cccc(Cl)c2)N(C)C)cc1. The summed E-state index contributed by atoms with van der Waals surface area (Å²) in [6.07, 6.45) is 0. The molecule has 1 atom stereocenters. The van der Waals surface area contributed by atoms with E-state index in [0.29, 0.717) is 17.3 Å². The van der Waals surface area contributed by atoms with Crippen molar-refractivity contribution in [3.63, 3.8) is 0 Å². The van der Waals surface area contributed by atoms with E-state index in [1.807, 2.05) is 74.4 Å². The van der Waals surface area contributed by atoms with Gasteiger partial charge in [-0.1, -0.05) is 41.4 Å². The van der Waals surface area contributed by atoms with Crippen LogP contribution in [0.4, 0.5) is 0 Å². The van der Waals surface area contributed by atoms with E-state index in [1.165, 1.54) is 0 Å². The fraction of sp³-hybridized carbons (Fsp3) is 0.316. The standard InChI is InChI=1S/C19H23ClN2O2/c1-14-7-9-17(10-8-14)24-13-19(23)21-12-18(22(2)3)15-5-4-6-16(20)11-15/h4-11,18H,12-13H2,1-3H3,(H,21,23). The second kappa shape index (κ2) is 8.71. The monoisotopic (exact) mass is 346 g/mol. The summed E-state index contributed by atoms with van der Waals surface area (Å²) in [5, 5.41) is 3.60. The summed E-state index contributed by atoms with van der Waals surface area (Å²) in [6, 6.07) is 15.3. The van der Waals surface area contributed by atoms with Crippen molar-refractivity contribution in [2.45, 2.75) is 13.0 Å². The lowest BCUT2D eigenvalue weighted by Crippen LogP contribution is -2.36. The van der Waals surface area contributed by atoms with Crippen LogP contribution in [0.25, 0.3) is 0 Å². The molecule has 2 rings (SSSR count). The minimum absolute atomic E-state index is 0.00123. The number of benzene rings is 2. The van der Waals surface area contributed by atoms with E-state index < -0.39 is 0 Å². The fourth-order valence-corrected chi connectivity index (χ4v) is 2.56. The molecule has 0 heterocycles. The Balaban J connectivity index is 1.87. The number of carbonyl (C=O) groups is 1. The number of rotatable bonds is 7. The third-order valence-corrected chi connectivity index (χ3v) is 3.98. The molecule has 2 aromatic carbocycles. The van der Waals surface area contributed by atoms with Crippen LogP contribution in [0.1, 0.15) is 17.2 Å². The van der Waals surface area contributed by atoms with Gasteiger partial charge in [0.1, 0.15) is 5.75 Å². The number of halogens is 1. The summed E-state index contributed by atoms with van der Waals surface area (Å²) < 4.78 is 5.49. The first-order valence-electron chi connectivity index (χ1n) is 7.84. The molecule has 0 bridgehead atoms. The van der Waals surface area contributed by atoms with Crippen LogP contribution in [0.5, 0.6) is 5.75 Å². The maximum absolute atomic E-state index is 12.0. The lowest BCUT2D eigenvalue weighted by atomic mass is 10.1. The first-order chi connectivity index (χ1) is 11.5. The summed E-state index contributed by atoms with van der Waals surface area (Å²) in [5.41, 5.74) is 2.22. The number of amides is 1. The van der Waals surface area contributed by atoms with Crippen molar-refractivity contribution in [1.82, 2.24) is 10.2 Å². The topological polar surface area (TPSA) is 41.6 Å². The Morgan fingerprint density at radius 3 is 2.54 bits per heavy atom. The Morgan fingerprint density at radius 1 is 1.21 bits per heavy atom. The number of nitrogens with one attached hydrogen (secondary N) is 1. The second-order valence-corrected chi connectivity index (χ2v) is 6.38. The van der Waals surface area contributed by atoms with Gasteiger partial charge in [0.05, 0.1) is 6.04 Å². The molecule has 0 aliphatic heterocycles. The van der Waals surface area contributed by atoms with Crippen molar-refractivity contribution in [1.29, 1.82) is 0 Å². The third kappa shape index (κ3) is 5.55. The second-order valence-electron chi connectivity index (χ2n) is 5.94. The van der Waals surface area contributed by atoms with Gasteiger partial charge < -0.3 is 15.0 Å². The number of likely N-dealkylation sites (N-methyl/N-ethyl adjacent to an activating group) is 1. The molecule has 0 spiro atoms. The van der Waals surface area contributed by atoms with Crippen molar-refractivity contribution in [2.75, 3.05) is 27.2 Å². The zero-order valence-corrected chi connectivity index (χ0v) is 15.0. The average molecular weight is 347 g/mol. The van der Waals surface area contributed by atoms with Crippen LogP contribution in [0, 0.1) is 6.92 Å². The van der Waals surface area contributed by atoms with Gasteiger partial charge in [-0.05, 0) is 50.8 Å². The van der Waals surface area contributed by atoms with Gasteiger partial charge in [-0.25, -0.2) is 0 Å². The Kier molecular flexibility index (Phi) is 6.64. The molecule has 128 valence electrons. The Morgan fingerprint density at radius 2 is 1.92 bits per heavy atom. The molecule has 0 radical (unpaired) electrons. The van der Waals surface area contributed by atoms with Gasteiger partial charge in [0.2, 0.25) is 0 Å².